The van der Waals surface area contributed by atoms with Gasteiger partial charge in [0, 0.05) is 31.8 Å². The lowest BCUT2D eigenvalue weighted by atomic mass is 10.1. The summed E-state index contributed by atoms with van der Waals surface area (Å²) in [7, 11) is 1.73. The topological polar surface area (TPSA) is 51.2 Å². The van der Waals surface area contributed by atoms with Crippen molar-refractivity contribution in [2.24, 2.45) is 0 Å². The summed E-state index contributed by atoms with van der Waals surface area (Å²) in [5.41, 5.74) is 1.11. The van der Waals surface area contributed by atoms with E-state index in [4.69, 9.17) is 14.2 Å². The average Bonchev–Trinajstić information content (AvgIpc) is 2.90. The summed E-state index contributed by atoms with van der Waals surface area (Å²) in [4.78, 5) is 2.25. The summed E-state index contributed by atoms with van der Waals surface area (Å²) in [6, 6.07) is 6.13. The number of aliphatic hydroxyl groups excluding tert-OH is 1. The molecule has 0 bridgehead atoms. The van der Waals surface area contributed by atoms with E-state index in [0.717, 1.165) is 36.6 Å². The third-order valence-corrected chi connectivity index (χ3v) is 4.05. The number of rotatable bonds is 4. The lowest BCUT2D eigenvalue weighted by Gasteiger charge is -2.26. The molecule has 2 aliphatic rings. The molecule has 1 aromatic rings. The van der Waals surface area contributed by atoms with Crippen LogP contribution in [-0.4, -0.2) is 55.6 Å². The summed E-state index contributed by atoms with van der Waals surface area (Å²) in [6.07, 6.45) is 1.07. The van der Waals surface area contributed by atoms with Crippen LogP contribution in [0.15, 0.2) is 18.2 Å². The Morgan fingerprint density at radius 2 is 2.20 bits per heavy atom. The third-order valence-electron chi connectivity index (χ3n) is 4.05. The molecular formula is C15H21NO4. The fourth-order valence-corrected chi connectivity index (χ4v) is 2.97. The second kappa shape index (κ2) is 5.99. The fourth-order valence-electron chi connectivity index (χ4n) is 2.97. The van der Waals surface area contributed by atoms with E-state index in [-0.39, 0.29) is 18.8 Å². The van der Waals surface area contributed by atoms with Gasteiger partial charge in [0.25, 0.3) is 0 Å². The summed E-state index contributed by atoms with van der Waals surface area (Å²) in [5, 5.41) is 9.51. The maximum absolute atomic E-state index is 9.51. The Balaban J connectivity index is 1.77. The van der Waals surface area contributed by atoms with Crippen LogP contribution >= 0.6 is 0 Å². The number of hydrogen-bond acceptors (Lipinski definition) is 5. The number of hydrogen-bond donors (Lipinski definition) is 1. The van der Waals surface area contributed by atoms with Gasteiger partial charge in [-0.15, -0.1) is 0 Å². The predicted molar refractivity (Wildman–Crippen MR) is 74.1 cm³/mol. The Hall–Kier alpha value is -1.30. The molecule has 5 heteroatoms. The molecule has 2 atom stereocenters. The van der Waals surface area contributed by atoms with Gasteiger partial charge in [0.1, 0.15) is 13.2 Å². The second-order valence-corrected chi connectivity index (χ2v) is 5.30. The summed E-state index contributed by atoms with van der Waals surface area (Å²) < 4.78 is 16.8. The zero-order valence-corrected chi connectivity index (χ0v) is 11.7. The van der Waals surface area contributed by atoms with E-state index < -0.39 is 0 Å². The first-order valence-corrected chi connectivity index (χ1v) is 7.07. The zero-order valence-electron chi connectivity index (χ0n) is 11.7. The second-order valence-electron chi connectivity index (χ2n) is 5.30. The van der Waals surface area contributed by atoms with Crippen molar-refractivity contribution in [2.75, 3.05) is 33.5 Å². The van der Waals surface area contributed by atoms with Crippen molar-refractivity contribution in [2.45, 2.75) is 25.1 Å². The molecule has 20 heavy (non-hydrogen) atoms. The van der Waals surface area contributed by atoms with Crippen LogP contribution < -0.4 is 9.47 Å². The first kappa shape index (κ1) is 13.7. The number of ether oxygens (including phenoxy) is 3. The van der Waals surface area contributed by atoms with Gasteiger partial charge in [-0.25, -0.2) is 0 Å². The van der Waals surface area contributed by atoms with Crippen LogP contribution in [-0.2, 0) is 11.3 Å². The molecule has 0 aliphatic carbocycles. The molecule has 0 spiro atoms. The van der Waals surface area contributed by atoms with Crippen LogP contribution in [0.1, 0.15) is 12.0 Å². The van der Waals surface area contributed by atoms with E-state index >= 15 is 0 Å². The number of nitrogens with zero attached hydrogens (tertiary/aromatic N) is 1. The zero-order chi connectivity index (χ0) is 13.9. The molecule has 0 unspecified atom stereocenters. The minimum Gasteiger partial charge on any atom is -0.486 e. The molecule has 5 nitrogen and oxygen atoms in total. The molecule has 0 aromatic heterocycles. The molecule has 0 saturated carbocycles. The summed E-state index contributed by atoms with van der Waals surface area (Å²) >= 11 is 0. The Bertz CT molecular complexity index is 465. The van der Waals surface area contributed by atoms with Gasteiger partial charge in [-0.1, -0.05) is 12.1 Å². The third kappa shape index (κ3) is 2.61. The van der Waals surface area contributed by atoms with Crippen molar-refractivity contribution in [1.29, 1.82) is 0 Å². The molecule has 2 aliphatic heterocycles. The van der Waals surface area contributed by atoms with Crippen molar-refractivity contribution < 1.29 is 19.3 Å². The normalized spacial score (nSPS) is 25.9. The van der Waals surface area contributed by atoms with E-state index in [1.807, 2.05) is 12.1 Å². The van der Waals surface area contributed by atoms with E-state index in [1.165, 1.54) is 0 Å². The molecule has 0 radical (unpaired) electrons. The summed E-state index contributed by atoms with van der Waals surface area (Å²) in [6.45, 7) is 2.94. The van der Waals surface area contributed by atoms with E-state index in [0.29, 0.717) is 13.2 Å². The standard InChI is InChI=1S/C15H21NO4/c1-18-13-7-12(10-17)16(9-13)8-11-3-2-4-14-15(11)20-6-5-19-14/h2-4,12-13,17H,5-10H2,1H3/t12-,13-/m0/s1. The number of fused-ring (bicyclic) bond motifs is 1. The van der Waals surface area contributed by atoms with Crippen molar-refractivity contribution in [3.05, 3.63) is 23.8 Å². The monoisotopic (exact) mass is 279 g/mol. The SMILES string of the molecule is CO[C@H]1C[C@@H](CO)N(Cc2cccc3c2OCCO3)C1. The highest BCUT2D eigenvalue weighted by atomic mass is 16.6. The molecule has 2 heterocycles. The molecule has 3 rings (SSSR count). The van der Waals surface area contributed by atoms with Crippen LogP contribution in [0.2, 0.25) is 0 Å². The van der Waals surface area contributed by atoms with Crippen molar-refractivity contribution >= 4 is 0 Å². The van der Waals surface area contributed by atoms with Gasteiger partial charge < -0.3 is 19.3 Å². The van der Waals surface area contributed by atoms with E-state index in [9.17, 15) is 5.11 Å². The largest absolute Gasteiger partial charge is 0.486 e. The van der Waals surface area contributed by atoms with Crippen molar-refractivity contribution in [3.63, 3.8) is 0 Å². The number of para-hydroxylation sites is 1. The van der Waals surface area contributed by atoms with Gasteiger partial charge in [0.05, 0.1) is 12.7 Å². The van der Waals surface area contributed by atoms with Crippen LogP contribution in [0.3, 0.4) is 0 Å². The van der Waals surface area contributed by atoms with Crippen LogP contribution in [0.4, 0.5) is 0 Å². The van der Waals surface area contributed by atoms with Gasteiger partial charge in [-0.05, 0) is 12.5 Å². The lowest BCUT2D eigenvalue weighted by Crippen LogP contribution is -2.32. The average molecular weight is 279 g/mol. The Morgan fingerprint density at radius 1 is 1.35 bits per heavy atom. The van der Waals surface area contributed by atoms with Crippen molar-refractivity contribution in [3.8, 4) is 11.5 Å². The lowest BCUT2D eigenvalue weighted by molar-refractivity contribution is 0.106. The molecule has 1 aromatic carbocycles. The molecule has 110 valence electrons. The highest BCUT2D eigenvalue weighted by Crippen LogP contribution is 2.35. The van der Waals surface area contributed by atoms with Gasteiger partial charge >= 0.3 is 0 Å². The first-order valence-electron chi connectivity index (χ1n) is 7.07. The molecule has 0 amide bonds. The Kier molecular flexibility index (Phi) is 4.10. The predicted octanol–water partition coefficient (Wildman–Crippen LogP) is 1.04. The minimum absolute atomic E-state index is 0.153. The molecular weight excluding hydrogens is 258 g/mol. The van der Waals surface area contributed by atoms with Gasteiger partial charge in [-0.3, -0.25) is 4.90 Å². The number of likely N-dealkylation sites (tertiary alicyclic amines) is 1. The quantitative estimate of drug-likeness (QED) is 0.892. The van der Waals surface area contributed by atoms with E-state index in [2.05, 4.69) is 11.0 Å². The molecule has 1 fully saturated rings. The fraction of sp³-hybridized carbons (Fsp3) is 0.600. The smallest absolute Gasteiger partial charge is 0.165 e. The first-order chi connectivity index (χ1) is 9.81. The molecule has 1 N–H and O–H groups in total. The highest BCUT2D eigenvalue weighted by molar-refractivity contribution is 5.47. The van der Waals surface area contributed by atoms with Crippen molar-refractivity contribution in [1.82, 2.24) is 4.90 Å². The maximum Gasteiger partial charge on any atom is 0.165 e. The number of aliphatic hydroxyl groups is 1. The van der Waals surface area contributed by atoms with Gasteiger partial charge in [-0.2, -0.15) is 0 Å². The highest BCUT2D eigenvalue weighted by Gasteiger charge is 2.32. The summed E-state index contributed by atoms with van der Waals surface area (Å²) in [5.74, 6) is 1.66. The minimum atomic E-state index is 0.153. The number of methoxy groups -OCH3 is 1. The van der Waals surface area contributed by atoms with Gasteiger partial charge in [0.2, 0.25) is 0 Å². The molecule has 1 saturated heterocycles. The van der Waals surface area contributed by atoms with Gasteiger partial charge in [0.15, 0.2) is 11.5 Å². The van der Waals surface area contributed by atoms with Crippen LogP contribution in [0, 0.1) is 0 Å². The Morgan fingerprint density at radius 3 is 3.00 bits per heavy atom. The van der Waals surface area contributed by atoms with Crippen LogP contribution in [0.5, 0.6) is 11.5 Å². The Labute approximate surface area is 119 Å². The van der Waals surface area contributed by atoms with Crippen LogP contribution in [0.25, 0.3) is 0 Å². The van der Waals surface area contributed by atoms with E-state index in [1.54, 1.807) is 7.11 Å². The number of benzene rings is 1. The maximum atomic E-state index is 9.51.